The highest BCUT2D eigenvalue weighted by Crippen LogP contribution is 2.45. The van der Waals surface area contributed by atoms with Gasteiger partial charge in [-0.3, -0.25) is 4.90 Å². The van der Waals surface area contributed by atoms with Gasteiger partial charge in [-0.15, -0.1) is 0 Å². The van der Waals surface area contributed by atoms with Crippen LogP contribution >= 0.6 is 23.2 Å². The normalized spacial score (nSPS) is 20.5. The van der Waals surface area contributed by atoms with Crippen LogP contribution in [0.15, 0.2) is 42.5 Å². The molecule has 188 valence electrons. The molecule has 0 atom stereocenters. The molecular formula is C29H42Cl2N2O. The third-order valence-electron chi connectivity index (χ3n) is 7.57. The van der Waals surface area contributed by atoms with Gasteiger partial charge >= 0.3 is 0 Å². The van der Waals surface area contributed by atoms with E-state index >= 15 is 0 Å². The number of methoxy groups -OCH3 is 1. The molecule has 1 fully saturated rings. The van der Waals surface area contributed by atoms with E-state index in [-0.39, 0.29) is 5.54 Å². The number of ether oxygens (including phenoxy) is 1. The molecule has 3 rings (SSSR count). The summed E-state index contributed by atoms with van der Waals surface area (Å²) in [5, 5.41) is 1.53. The van der Waals surface area contributed by atoms with Gasteiger partial charge in [0.05, 0.1) is 12.8 Å². The number of benzene rings is 2. The topological polar surface area (TPSA) is 15.7 Å². The predicted octanol–water partition coefficient (Wildman–Crippen LogP) is 8.57. The maximum atomic E-state index is 6.29. The Labute approximate surface area is 217 Å². The number of unbranched alkanes of at least 4 members (excludes halogenated alkanes) is 2. The minimum Gasteiger partial charge on any atom is -0.495 e. The van der Waals surface area contributed by atoms with Gasteiger partial charge in [0.25, 0.3) is 0 Å². The zero-order chi connectivity index (χ0) is 24.6. The molecule has 0 spiro atoms. The van der Waals surface area contributed by atoms with Crippen molar-refractivity contribution in [3.63, 3.8) is 0 Å². The Hall–Kier alpha value is -1.42. The average Bonchev–Trinajstić information content (AvgIpc) is 2.86. The number of hydrogen-bond donors (Lipinski definition) is 0. The van der Waals surface area contributed by atoms with Crippen LogP contribution in [0.5, 0.6) is 5.75 Å². The van der Waals surface area contributed by atoms with E-state index in [1.165, 1.54) is 31.2 Å². The summed E-state index contributed by atoms with van der Waals surface area (Å²) < 4.78 is 5.70. The molecule has 3 nitrogen and oxygen atoms in total. The average molecular weight is 506 g/mol. The summed E-state index contributed by atoms with van der Waals surface area (Å²) in [5.41, 5.74) is 2.65. The Morgan fingerprint density at radius 1 is 0.882 bits per heavy atom. The van der Waals surface area contributed by atoms with Crippen LogP contribution in [0.3, 0.4) is 0 Å². The van der Waals surface area contributed by atoms with Crippen molar-refractivity contribution in [2.24, 2.45) is 0 Å². The highest BCUT2D eigenvalue weighted by molar-refractivity contribution is 6.31. The van der Waals surface area contributed by atoms with E-state index in [2.05, 4.69) is 60.9 Å². The molecule has 2 aromatic rings. The molecule has 0 radical (unpaired) electrons. The van der Waals surface area contributed by atoms with Crippen LogP contribution < -0.4 is 9.64 Å². The predicted molar refractivity (Wildman–Crippen MR) is 148 cm³/mol. The molecule has 5 heteroatoms. The Morgan fingerprint density at radius 2 is 1.47 bits per heavy atom. The number of rotatable bonds is 12. The first-order valence-corrected chi connectivity index (χ1v) is 13.9. The fraction of sp³-hybridized carbons (Fsp3) is 0.586. The SMILES string of the molecule is CCCCN(CCCC)C1(c2ccc(Cl)cc2)CCC(N(CC)c2ccc(Cl)cc2OC)CC1. The highest BCUT2D eigenvalue weighted by Gasteiger charge is 2.42. The Morgan fingerprint density at radius 3 is 2.00 bits per heavy atom. The molecule has 0 unspecified atom stereocenters. The second-order valence-corrected chi connectivity index (χ2v) is 10.4. The van der Waals surface area contributed by atoms with Gasteiger partial charge in [-0.25, -0.2) is 0 Å². The second kappa shape index (κ2) is 13.0. The Balaban J connectivity index is 1.90. The van der Waals surface area contributed by atoms with Gasteiger partial charge in [-0.2, -0.15) is 0 Å². The largest absolute Gasteiger partial charge is 0.495 e. The smallest absolute Gasteiger partial charge is 0.143 e. The Kier molecular flexibility index (Phi) is 10.4. The number of nitrogens with zero attached hydrogens (tertiary/aromatic N) is 2. The van der Waals surface area contributed by atoms with E-state index in [9.17, 15) is 0 Å². The van der Waals surface area contributed by atoms with Crippen LogP contribution in [0.1, 0.15) is 77.7 Å². The van der Waals surface area contributed by atoms with Crippen molar-refractivity contribution < 1.29 is 4.74 Å². The van der Waals surface area contributed by atoms with Crippen LogP contribution in [0.2, 0.25) is 10.0 Å². The van der Waals surface area contributed by atoms with E-state index < -0.39 is 0 Å². The van der Waals surface area contributed by atoms with Crippen LogP contribution in [-0.2, 0) is 5.54 Å². The van der Waals surface area contributed by atoms with Crippen LogP contribution in [0, 0.1) is 0 Å². The maximum Gasteiger partial charge on any atom is 0.143 e. The van der Waals surface area contributed by atoms with Crippen LogP contribution in [0.25, 0.3) is 0 Å². The Bertz CT molecular complexity index is 870. The second-order valence-electron chi connectivity index (χ2n) is 9.57. The maximum absolute atomic E-state index is 6.29. The summed E-state index contributed by atoms with van der Waals surface area (Å²) in [5.74, 6) is 0.858. The summed E-state index contributed by atoms with van der Waals surface area (Å²) >= 11 is 12.5. The molecule has 0 aliphatic heterocycles. The molecule has 0 saturated heterocycles. The summed E-state index contributed by atoms with van der Waals surface area (Å²) in [6.07, 6.45) is 9.53. The third-order valence-corrected chi connectivity index (χ3v) is 8.05. The lowest BCUT2D eigenvalue weighted by atomic mass is 9.73. The van der Waals surface area contributed by atoms with E-state index in [1.54, 1.807) is 7.11 Å². The molecular weight excluding hydrogens is 463 g/mol. The fourth-order valence-electron chi connectivity index (χ4n) is 5.69. The number of halogens is 2. The first kappa shape index (κ1) is 27.2. The third kappa shape index (κ3) is 6.22. The molecule has 0 amide bonds. The summed E-state index contributed by atoms with van der Waals surface area (Å²) in [4.78, 5) is 5.32. The zero-order valence-corrected chi connectivity index (χ0v) is 23.0. The molecule has 1 aliphatic rings. The van der Waals surface area contributed by atoms with Gasteiger partial charge in [0.1, 0.15) is 5.75 Å². The molecule has 34 heavy (non-hydrogen) atoms. The lowest BCUT2D eigenvalue weighted by Gasteiger charge is -2.50. The minimum absolute atomic E-state index is 0.0783. The van der Waals surface area contributed by atoms with Crippen molar-refractivity contribution in [3.05, 3.63) is 58.1 Å². The van der Waals surface area contributed by atoms with Gasteiger partial charge in [0, 0.05) is 34.2 Å². The van der Waals surface area contributed by atoms with Crippen molar-refractivity contribution in [2.45, 2.75) is 83.7 Å². The summed E-state index contributed by atoms with van der Waals surface area (Å²) in [6.45, 7) is 10.1. The quantitative estimate of drug-likeness (QED) is 0.287. The van der Waals surface area contributed by atoms with E-state index in [1.807, 2.05) is 12.1 Å². The minimum atomic E-state index is 0.0783. The fourth-order valence-corrected chi connectivity index (χ4v) is 5.98. The van der Waals surface area contributed by atoms with Gasteiger partial charge in [0.15, 0.2) is 0 Å². The molecule has 1 aliphatic carbocycles. The van der Waals surface area contributed by atoms with Crippen LogP contribution in [-0.4, -0.2) is 37.7 Å². The van der Waals surface area contributed by atoms with E-state index in [0.717, 1.165) is 61.8 Å². The lowest BCUT2D eigenvalue weighted by Crippen LogP contribution is -2.52. The van der Waals surface area contributed by atoms with Crippen molar-refractivity contribution >= 4 is 28.9 Å². The monoisotopic (exact) mass is 504 g/mol. The molecule has 1 saturated carbocycles. The van der Waals surface area contributed by atoms with Gasteiger partial charge in [-0.1, -0.05) is 62.0 Å². The highest BCUT2D eigenvalue weighted by atomic mass is 35.5. The molecule has 0 bridgehead atoms. The zero-order valence-electron chi connectivity index (χ0n) is 21.5. The van der Waals surface area contributed by atoms with Gasteiger partial charge in [0.2, 0.25) is 0 Å². The van der Waals surface area contributed by atoms with Crippen LogP contribution in [0.4, 0.5) is 5.69 Å². The summed E-state index contributed by atoms with van der Waals surface area (Å²) in [6, 6.07) is 15.2. The molecule has 2 aromatic carbocycles. The summed E-state index contributed by atoms with van der Waals surface area (Å²) in [7, 11) is 1.73. The number of hydrogen-bond acceptors (Lipinski definition) is 3. The molecule has 0 aromatic heterocycles. The van der Waals surface area contributed by atoms with Crippen molar-refractivity contribution in [1.82, 2.24) is 4.90 Å². The van der Waals surface area contributed by atoms with E-state index in [4.69, 9.17) is 27.9 Å². The standard InChI is InChI=1S/C29H42Cl2N2O/c1-5-8-20-32(21-9-6-2)29(23-10-12-24(30)13-11-23)18-16-26(17-19-29)33(7-3)27-15-14-25(31)22-28(27)34-4/h10-15,22,26H,5-9,16-21H2,1-4H3. The first-order chi connectivity index (χ1) is 16.5. The number of anilines is 1. The lowest BCUT2D eigenvalue weighted by molar-refractivity contribution is 0.0384. The van der Waals surface area contributed by atoms with Crippen molar-refractivity contribution in [3.8, 4) is 5.75 Å². The molecule has 0 heterocycles. The van der Waals surface area contributed by atoms with Gasteiger partial charge in [-0.05, 0) is 88.4 Å². The van der Waals surface area contributed by atoms with Crippen molar-refractivity contribution in [1.29, 1.82) is 0 Å². The molecule has 0 N–H and O–H groups in total. The first-order valence-electron chi connectivity index (χ1n) is 13.1. The van der Waals surface area contributed by atoms with E-state index in [0.29, 0.717) is 11.1 Å². The van der Waals surface area contributed by atoms with Crippen molar-refractivity contribution in [2.75, 3.05) is 31.6 Å². The van der Waals surface area contributed by atoms with Gasteiger partial charge < -0.3 is 9.64 Å².